The van der Waals surface area contributed by atoms with Crippen molar-refractivity contribution >= 4 is 46.4 Å². The summed E-state index contributed by atoms with van der Waals surface area (Å²) in [6.07, 6.45) is 0. The van der Waals surface area contributed by atoms with E-state index in [1.54, 1.807) is 12.1 Å². The van der Waals surface area contributed by atoms with E-state index in [9.17, 15) is 9.59 Å². The number of hydrogen-bond donors (Lipinski definition) is 2. The molecule has 1 heterocycles. The van der Waals surface area contributed by atoms with Gasteiger partial charge in [-0.05, 0) is 18.2 Å². The molecular formula is C18H18Cl2N3O2+. The monoisotopic (exact) mass is 378 g/mol. The largest absolute Gasteiger partial charge is 0.326 e. The van der Waals surface area contributed by atoms with Crippen LogP contribution in [0, 0.1) is 0 Å². The fourth-order valence-electron chi connectivity index (χ4n) is 2.88. The van der Waals surface area contributed by atoms with Crippen LogP contribution in [0.5, 0.6) is 0 Å². The third-order valence-electron chi connectivity index (χ3n) is 4.05. The van der Waals surface area contributed by atoms with Crippen LogP contribution >= 0.6 is 23.2 Å². The van der Waals surface area contributed by atoms with Crippen molar-refractivity contribution in [3.63, 3.8) is 0 Å². The Labute approximate surface area is 156 Å². The van der Waals surface area contributed by atoms with Crippen molar-refractivity contribution in [2.24, 2.45) is 0 Å². The van der Waals surface area contributed by atoms with E-state index >= 15 is 0 Å². The lowest BCUT2D eigenvalue weighted by Crippen LogP contribution is -3.09. The summed E-state index contributed by atoms with van der Waals surface area (Å²) in [4.78, 5) is 27.1. The van der Waals surface area contributed by atoms with Gasteiger partial charge >= 0.3 is 0 Å². The van der Waals surface area contributed by atoms with Gasteiger partial charge in [0.2, 0.25) is 5.91 Å². The van der Waals surface area contributed by atoms with E-state index < -0.39 is 0 Å². The maximum Gasteiger partial charge on any atom is 0.282 e. The molecule has 0 aromatic heterocycles. The smallest absolute Gasteiger partial charge is 0.282 e. The summed E-state index contributed by atoms with van der Waals surface area (Å²) < 4.78 is 0. The molecule has 130 valence electrons. The molecule has 2 N–H and O–H groups in total. The fourth-order valence-corrected chi connectivity index (χ4v) is 3.27. The van der Waals surface area contributed by atoms with E-state index in [1.165, 1.54) is 4.90 Å². The number of para-hydroxylation sites is 2. The predicted molar refractivity (Wildman–Crippen MR) is 99.3 cm³/mol. The topological polar surface area (TPSA) is 53.9 Å². The van der Waals surface area contributed by atoms with Gasteiger partial charge in [0.25, 0.3) is 5.91 Å². The normalized spacial score (nSPS) is 14.7. The number of anilines is 2. The molecule has 1 aliphatic heterocycles. The summed E-state index contributed by atoms with van der Waals surface area (Å²) in [6, 6.07) is 12.8. The van der Waals surface area contributed by atoms with Gasteiger partial charge in [-0.1, -0.05) is 47.5 Å². The Hall–Kier alpha value is -2.08. The van der Waals surface area contributed by atoms with Crippen molar-refractivity contribution < 1.29 is 14.5 Å². The lowest BCUT2D eigenvalue weighted by Gasteiger charge is -2.29. The number of likely N-dealkylation sites (N-methyl/N-ethyl adjacent to an activating group) is 1. The summed E-state index contributed by atoms with van der Waals surface area (Å²) in [5.74, 6) is -0.305. The minimum absolute atomic E-state index is 0.0288. The molecule has 25 heavy (non-hydrogen) atoms. The van der Waals surface area contributed by atoms with Gasteiger partial charge in [-0.25, -0.2) is 0 Å². The molecule has 0 radical (unpaired) electrons. The van der Waals surface area contributed by atoms with Crippen LogP contribution in [0.1, 0.15) is 5.56 Å². The lowest BCUT2D eigenvalue weighted by molar-refractivity contribution is -0.885. The molecule has 0 bridgehead atoms. The van der Waals surface area contributed by atoms with E-state index in [-0.39, 0.29) is 24.9 Å². The number of rotatable bonds is 4. The number of hydrogen-bond acceptors (Lipinski definition) is 2. The Bertz CT molecular complexity index is 826. The second kappa shape index (κ2) is 7.44. The highest BCUT2D eigenvalue weighted by atomic mass is 35.5. The number of nitrogens with one attached hydrogen (secondary N) is 2. The fraction of sp³-hybridized carbons (Fsp3) is 0.222. The van der Waals surface area contributed by atoms with Gasteiger partial charge in [-0.2, -0.15) is 0 Å². The van der Waals surface area contributed by atoms with Gasteiger partial charge < -0.3 is 10.2 Å². The highest BCUT2D eigenvalue weighted by Gasteiger charge is 2.28. The number of nitrogens with zero attached hydrogens (tertiary/aromatic N) is 1. The van der Waals surface area contributed by atoms with Crippen LogP contribution in [0.15, 0.2) is 42.5 Å². The predicted octanol–water partition coefficient (Wildman–Crippen LogP) is 1.99. The number of carbonyl (C=O) groups excluding carboxylic acids is 2. The first kappa shape index (κ1) is 17.7. The molecule has 0 fully saturated rings. The number of fused-ring (bicyclic) bond motifs is 1. The second-order valence-electron chi connectivity index (χ2n) is 6.07. The van der Waals surface area contributed by atoms with Gasteiger partial charge in [0.05, 0.1) is 28.5 Å². The zero-order valence-electron chi connectivity index (χ0n) is 13.7. The van der Waals surface area contributed by atoms with Crippen molar-refractivity contribution in [1.82, 2.24) is 0 Å². The number of benzene rings is 2. The van der Waals surface area contributed by atoms with Crippen LogP contribution in [0.3, 0.4) is 0 Å². The molecule has 2 aromatic rings. The Morgan fingerprint density at radius 2 is 1.96 bits per heavy atom. The minimum Gasteiger partial charge on any atom is -0.326 e. The first-order valence-electron chi connectivity index (χ1n) is 7.89. The third kappa shape index (κ3) is 3.95. The minimum atomic E-state index is -0.192. The molecule has 5 nitrogen and oxygen atoms in total. The van der Waals surface area contributed by atoms with Crippen LogP contribution in [-0.2, 0) is 16.1 Å². The number of halogens is 2. The number of carbonyl (C=O) groups is 2. The molecule has 1 aliphatic rings. The van der Waals surface area contributed by atoms with E-state index in [4.69, 9.17) is 23.2 Å². The Morgan fingerprint density at radius 3 is 2.76 bits per heavy atom. The second-order valence-corrected chi connectivity index (χ2v) is 6.85. The molecule has 0 spiro atoms. The molecule has 0 saturated heterocycles. The maximum atomic E-state index is 12.7. The van der Waals surface area contributed by atoms with Gasteiger partial charge in [0.15, 0.2) is 6.54 Å². The van der Waals surface area contributed by atoms with E-state index in [0.29, 0.717) is 22.3 Å². The number of amides is 2. The zero-order chi connectivity index (χ0) is 18.0. The summed E-state index contributed by atoms with van der Waals surface area (Å²) in [7, 11) is 1.91. The van der Waals surface area contributed by atoms with Crippen LogP contribution in [0.2, 0.25) is 10.0 Å². The Morgan fingerprint density at radius 1 is 1.20 bits per heavy atom. The molecule has 1 unspecified atom stereocenters. The SMILES string of the molecule is C[NH+](CC(=O)N1CC(=O)Nc2ccccc21)Cc1cccc(Cl)c1Cl. The standard InChI is InChI=1S/C18H17Cl2N3O2/c1-22(9-12-5-4-6-13(19)18(12)20)11-17(25)23-10-16(24)21-14-7-2-3-8-15(14)23/h2-8H,9-11H2,1H3,(H,21,24)/p+1. The van der Waals surface area contributed by atoms with Crippen molar-refractivity contribution in [2.75, 3.05) is 30.4 Å². The van der Waals surface area contributed by atoms with Crippen LogP contribution in [-0.4, -0.2) is 32.0 Å². The molecule has 2 aromatic carbocycles. The van der Waals surface area contributed by atoms with Crippen molar-refractivity contribution in [3.8, 4) is 0 Å². The molecule has 1 atom stereocenters. The molecule has 7 heteroatoms. The van der Waals surface area contributed by atoms with E-state index in [1.807, 2.05) is 37.4 Å². The average molecular weight is 379 g/mol. The Kier molecular flexibility index (Phi) is 5.27. The van der Waals surface area contributed by atoms with Crippen molar-refractivity contribution in [3.05, 3.63) is 58.1 Å². The summed E-state index contributed by atoms with van der Waals surface area (Å²) in [5, 5.41) is 3.79. The number of quaternary nitrogens is 1. The van der Waals surface area contributed by atoms with Crippen LogP contribution < -0.4 is 15.1 Å². The molecule has 3 rings (SSSR count). The van der Waals surface area contributed by atoms with Gasteiger partial charge in [0.1, 0.15) is 13.1 Å². The first-order chi connectivity index (χ1) is 12.0. The Balaban J connectivity index is 1.72. The molecule has 2 amide bonds. The summed E-state index contributed by atoms with van der Waals surface area (Å²) in [5.41, 5.74) is 2.26. The summed E-state index contributed by atoms with van der Waals surface area (Å²) >= 11 is 12.3. The van der Waals surface area contributed by atoms with Gasteiger partial charge in [-0.3, -0.25) is 14.5 Å². The van der Waals surface area contributed by atoms with Crippen molar-refractivity contribution in [1.29, 1.82) is 0 Å². The van der Waals surface area contributed by atoms with Gasteiger partial charge in [0, 0.05) is 5.56 Å². The molecule has 0 saturated carbocycles. The van der Waals surface area contributed by atoms with Crippen molar-refractivity contribution in [2.45, 2.75) is 6.54 Å². The highest BCUT2D eigenvalue weighted by Crippen LogP contribution is 2.28. The lowest BCUT2D eigenvalue weighted by atomic mass is 10.2. The summed E-state index contributed by atoms with van der Waals surface area (Å²) in [6.45, 7) is 0.832. The van der Waals surface area contributed by atoms with E-state index in [0.717, 1.165) is 16.2 Å². The maximum absolute atomic E-state index is 12.7. The third-order valence-corrected chi connectivity index (χ3v) is 4.91. The quantitative estimate of drug-likeness (QED) is 0.854. The molecular weight excluding hydrogens is 361 g/mol. The van der Waals surface area contributed by atoms with Crippen LogP contribution in [0.25, 0.3) is 0 Å². The highest BCUT2D eigenvalue weighted by molar-refractivity contribution is 6.42. The van der Waals surface area contributed by atoms with Gasteiger partial charge in [-0.15, -0.1) is 0 Å². The van der Waals surface area contributed by atoms with Crippen LogP contribution in [0.4, 0.5) is 11.4 Å². The first-order valence-corrected chi connectivity index (χ1v) is 8.64. The molecule has 0 aliphatic carbocycles. The zero-order valence-corrected chi connectivity index (χ0v) is 15.2. The van der Waals surface area contributed by atoms with E-state index in [2.05, 4.69) is 5.32 Å². The average Bonchev–Trinajstić information content (AvgIpc) is 2.58.